The van der Waals surface area contributed by atoms with Gasteiger partial charge in [0, 0.05) is 44.8 Å². The Morgan fingerprint density at radius 1 is 0.418 bits per heavy atom. The third-order valence-electron chi connectivity index (χ3n) is 7.81. The number of alkyl halides is 6. The zero-order valence-electron chi connectivity index (χ0n) is 27.1. The zero-order valence-corrected chi connectivity index (χ0v) is 29.4. The van der Waals surface area contributed by atoms with Crippen LogP contribution in [0.3, 0.4) is 0 Å². The Morgan fingerprint density at radius 3 is 0.818 bits per heavy atom. The van der Waals surface area contributed by atoms with Crippen molar-refractivity contribution in [1.29, 1.82) is 0 Å². The Balaban J connectivity index is 0.000000296. The number of fused-ring (bicyclic) bond motifs is 20. The van der Waals surface area contributed by atoms with Gasteiger partial charge in [-0.25, -0.2) is 19.6 Å². The molecule has 55 heavy (non-hydrogen) atoms. The van der Waals surface area contributed by atoms with Gasteiger partial charge in [-0.2, -0.15) is 26.3 Å². The molecule has 8 bridgehead atoms. The first kappa shape index (κ1) is 38.8. The number of halogens is 6. The van der Waals surface area contributed by atoms with Gasteiger partial charge in [-0.1, -0.05) is 97.1 Å². The van der Waals surface area contributed by atoms with Crippen LogP contribution in [0, 0.1) is 39.9 Å². The summed E-state index contributed by atoms with van der Waals surface area (Å²) in [5.74, 6) is -3.31. The van der Waals surface area contributed by atoms with E-state index in [1.807, 2.05) is 97.1 Å². The van der Waals surface area contributed by atoms with E-state index >= 15 is 0 Å². The van der Waals surface area contributed by atoms with E-state index in [9.17, 15) is 26.3 Å². The normalized spacial score (nSPS) is 11.6. The number of nitrogens with zero attached hydrogens (tertiary/aromatic N) is 8. The average molecular weight is 898 g/mol. The first-order valence-corrected chi connectivity index (χ1v) is 15.4. The summed E-state index contributed by atoms with van der Waals surface area (Å²) in [6, 6.07) is 31.8. The fourth-order valence-corrected chi connectivity index (χ4v) is 5.46. The van der Waals surface area contributed by atoms with Gasteiger partial charge < -0.3 is 40.1 Å². The molecule has 19 heteroatoms. The van der Waals surface area contributed by atoms with Crippen molar-refractivity contribution < 1.29 is 86.1 Å². The predicted octanol–water partition coefficient (Wildman–Crippen LogP) is 7.39. The molecule has 276 valence electrons. The Bertz CT molecular complexity index is 2460. The molecule has 2 aliphatic rings. The van der Waals surface area contributed by atoms with Crippen LogP contribution in [0.25, 0.3) is 89.7 Å². The number of carboxylic acid groups (broad SMARTS) is 2. The molecular formula is C36H18F6GdN8O4. The summed E-state index contributed by atoms with van der Waals surface area (Å²) >= 11 is 0. The van der Waals surface area contributed by atoms with Crippen LogP contribution >= 0.6 is 0 Å². The van der Waals surface area contributed by atoms with Crippen LogP contribution in [-0.4, -0.2) is 64.4 Å². The summed E-state index contributed by atoms with van der Waals surface area (Å²) in [5.41, 5.74) is 5.78. The van der Waals surface area contributed by atoms with Gasteiger partial charge in [0.1, 0.15) is 0 Å². The number of carbonyl (C=O) groups is 2. The molecule has 2 aliphatic heterocycles. The summed E-state index contributed by atoms with van der Waals surface area (Å²) < 4.78 is 63.5. The number of aromatic nitrogens is 8. The van der Waals surface area contributed by atoms with Gasteiger partial charge >= 0.3 is 64.2 Å². The van der Waals surface area contributed by atoms with Crippen molar-refractivity contribution in [1.82, 2.24) is 39.9 Å². The molecule has 12 nitrogen and oxygen atoms in total. The van der Waals surface area contributed by atoms with Gasteiger partial charge in [-0.15, -0.1) is 0 Å². The van der Waals surface area contributed by atoms with Crippen LogP contribution in [-0.2, 0) is 9.59 Å². The average Bonchev–Trinajstić information content (AvgIpc) is 3.87. The van der Waals surface area contributed by atoms with Gasteiger partial charge in [0.2, 0.25) is 0 Å². The first-order chi connectivity index (χ1) is 25.7. The van der Waals surface area contributed by atoms with Crippen molar-refractivity contribution in [2.24, 2.45) is 0 Å². The summed E-state index contributed by atoms with van der Waals surface area (Å²) in [6.45, 7) is 0. The topological polar surface area (TPSA) is 180 Å². The van der Waals surface area contributed by atoms with Crippen LogP contribution in [0.2, 0.25) is 0 Å². The Kier molecular flexibility index (Phi) is 10.6. The van der Waals surface area contributed by atoms with Gasteiger partial charge in [-0.3, -0.25) is 0 Å². The number of hydrogen-bond donors (Lipinski definition) is 2. The maximum absolute atomic E-state index is 10.6. The molecule has 0 aliphatic carbocycles. The molecule has 0 radical (unpaired) electrons. The molecule has 4 aromatic carbocycles. The molecule has 0 atom stereocenters. The monoisotopic (exact) mass is 898 g/mol. The van der Waals surface area contributed by atoms with E-state index in [2.05, 4.69) is 0 Å². The van der Waals surface area contributed by atoms with E-state index in [4.69, 9.17) is 59.7 Å². The molecule has 5 heterocycles. The molecule has 0 unspecified atom stereocenters. The SMILES string of the molecule is O=C(O)C(F)(F)F.O=C(O)C(F)(F)F.[Gd+2].c1ccc2c(c1)-c1nc-2nc2[n-]c(nc3nc(nc4[n-]c(n1)c1ccccc41)-c1ccccc1-3)c1ccccc21. The smallest absolute Gasteiger partial charge is 0.475 e. The minimum Gasteiger partial charge on any atom is -0.475 e. The standard InChI is InChI=1S/C32H16N8.2C2HF3O2.Gd/c1-2-10-18-17(9-1)25-33-26(18)38-28-21-13-5-6-14-22(21)30(35-28)40-32-24-16-8-7-15-23(24)31(36-32)39-29-20-12-4-3-11-19(20)27(34-29)37-25;2*3-2(4,5)1(6)7;/h1-16H;2*(H,6,7);/q-2;;;+2. The van der Waals surface area contributed by atoms with Crippen LogP contribution < -0.4 is 9.97 Å². The summed E-state index contributed by atoms with van der Waals surface area (Å²) in [6.07, 6.45) is -10.2. The fraction of sp³-hybridized carbons (Fsp3) is 0.0556. The number of rotatable bonds is 0. The third-order valence-corrected chi connectivity index (χ3v) is 7.81. The first-order valence-electron chi connectivity index (χ1n) is 15.4. The largest absolute Gasteiger partial charge is 2.00 e. The molecule has 0 amide bonds. The van der Waals surface area contributed by atoms with Crippen LogP contribution in [0.4, 0.5) is 26.3 Å². The number of carboxylic acids is 2. The molecule has 0 saturated carbocycles. The van der Waals surface area contributed by atoms with Crippen molar-refractivity contribution in [3.05, 3.63) is 97.1 Å². The molecule has 0 saturated heterocycles. The van der Waals surface area contributed by atoms with Gasteiger partial charge in [0.25, 0.3) is 0 Å². The van der Waals surface area contributed by atoms with E-state index in [1.165, 1.54) is 0 Å². The second kappa shape index (κ2) is 15.1. The molecular weight excluding hydrogens is 880 g/mol. The second-order valence-corrected chi connectivity index (χ2v) is 11.3. The minimum atomic E-state index is -5.08. The van der Waals surface area contributed by atoms with Gasteiger partial charge in [-0.05, 0) is 21.5 Å². The third kappa shape index (κ3) is 7.85. The fourth-order valence-electron chi connectivity index (χ4n) is 5.46. The van der Waals surface area contributed by atoms with E-state index < -0.39 is 24.3 Å². The van der Waals surface area contributed by atoms with E-state index in [0.29, 0.717) is 45.9 Å². The van der Waals surface area contributed by atoms with E-state index in [0.717, 1.165) is 43.8 Å². The Hall–Kier alpha value is -5.92. The van der Waals surface area contributed by atoms with Crippen molar-refractivity contribution in [3.63, 3.8) is 0 Å². The maximum atomic E-state index is 10.6. The maximum Gasteiger partial charge on any atom is 2.00 e. The Morgan fingerprint density at radius 2 is 0.618 bits per heavy atom. The van der Waals surface area contributed by atoms with Gasteiger partial charge in [0.05, 0.1) is 23.3 Å². The van der Waals surface area contributed by atoms with Crippen molar-refractivity contribution >= 4 is 56.1 Å². The summed E-state index contributed by atoms with van der Waals surface area (Å²) in [7, 11) is 0. The predicted molar refractivity (Wildman–Crippen MR) is 181 cm³/mol. The zero-order chi connectivity index (χ0) is 38.4. The number of hydrogen-bond acceptors (Lipinski definition) is 8. The Labute approximate surface area is 335 Å². The molecule has 9 rings (SSSR count). The van der Waals surface area contributed by atoms with E-state index in [-0.39, 0.29) is 39.9 Å². The number of aliphatic carboxylic acids is 2. The molecule has 0 spiro atoms. The molecule has 7 aromatic rings. The van der Waals surface area contributed by atoms with Crippen LogP contribution in [0.5, 0.6) is 0 Å². The molecule has 3 aromatic heterocycles. The number of benzene rings is 4. The summed E-state index contributed by atoms with van der Waals surface area (Å²) in [5, 5.41) is 17.8. The van der Waals surface area contributed by atoms with Crippen LogP contribution in [0.1, 0.15) is 0 Å². The molecule has 0 fully saturated rings. The summed E-state index contributed by atoms with van der Waals surface area (Å²) in [4.78, 5) is 57.1. The van der Waals surface area contributed by atoms with Crippen molar-refractivity contribution in [2.45, 2.75) is 12.4 Å². The van der Waals surface area contributed by atoms with Crippen LogP contribution in [0.15, 0.2) is 97.1 Å². The molecule has 2 N–H and O–H groups in total. The minimum absolute atomic E-state index is 0. The quantitative estimate of drug-likeness (QED) is 0.144. The van der Waals surface area contributed by atoms with Crippen molar-refractivity contribution in [2.75, 3.05) is 0 Å². The van der Waals surface area contributed by atoms with Crippen molar-refractivity contribution in [3.8, 4) is 45.6 Å². The van der Waals surface area contributed by atoms with E-state index in [1.54, 1.807) is 0 Å². The van der Waals surface area contributed by atoms with Gasteiger partial charge in [0.15, 0.2) is 0 Å². The second-order valence-electron chi connectivity index (χ2n) is 11.3.